The monoisotopic (exact) mass is 448 g/mol. The van der Waals surface area contributed by atoms with Crippen LogP contribution in [0.5, 0.6) is 5.75 Å². The molecule has 1 fully saturated rings. The van der Waals surface area contributed by atoms with E-state index in [1.807, 2.05) is 6.92 Å². The first kappa shape index (κ1) is 21.6. The summed E-state index contributed by atoms with van der Waals surface area (Å²) in [4.78, 5) is 31.9. The number of carbonyl (C=O) groups is 2. The molecule has 6 nitrogen and oxygen atoms in total. The van der Waals surface area contributed by atoms with E-state index in [-0.39, 0.29) is 11.3 Å². The highest BCUT2D eigenvalue weighted by atomic mass is 35.5. The first-order valence-electron chi connectivity index (χ1n) is 9.96. The van der Waals surface area contributed by atoms with Gasteiger partial charge in [0.15, 0.2) is 0 Å². The summed E-state index contributed by atoms with van der Waals surface area (Å²) in [5.74, 6) is -1.10. The summed E-state index contributed by atoms with van der Waals surface area (Å²) in [6, 6.07) is 12.9. The van der Waals surface area contributed by atoms with Crippen LogP contribution in [0, 0.1) is 13.8 Å². The fourth-order valence-electron chi connectivity index (χ4n) is 3.98. The molecule has 1 N–H and O–H groups in total. The number of rotatable bonds is 4. The molecule has 7 heteroatoms. The number of aromatic nitrogens is 1. The summed E-state index contributed by atoms with van der Waals surface area (Å²) in [6.07, 6.45) is 3.16. The Hall–Kier alpha value is -3.64. The number of aliphatic hydroxyl groups excluding tert-OH is 1. The zero-order valence-electron chi connectivity index (χ0n) is 17.8. The number of aliphatic hydroxyl groups is 1. The van der Waals surface area contributed by atoms with Crippen molar-refractivity contribution < 1.29 is 19.4 Å². The predicted molar refractivity (Wildman–Crippen MR) is 123 cm³/mol. The van der Waals surface area contributed by atoms with Crippen LogP contribution >= 0.6 is 11.6 Å². The molecule has 0 saturated carbocycles. The van der Waals surface area contributed by atoms with Crippen molar-refractivity contribution in [3.8, 4) is 5.75 Å². The van der Waals surface area contributed by atoms with Crippen molar-refractivity contribution in [2.75, 3.05) is 12.0 Å². The van der Waals surface area contributed by atoms with Gasteiger partial charge in [0.05, 0.1) is 18.7 Å². The minimum Gasteiger partial charge on any atom is -0.507 e. The predicted octanol–water partition coefficient (Wildman–Crippen LogP) is 4.99. The molecule has 0 aliphatic carbocycles. The molecule has 0 bridgehead atoms. The van der Waals surface area contributed by atoms with Gasteiger partial charge in [-0.1, -0.05) is 17.7 Å². The molecule has 0 radical (unpaired) electrons. The summed E-state index contributed by atoms with van der Waals surface area (Å²) in [5.41, 5.74) is 3.03. The SMILES string of the molecule is COc1ccc(/C(O)=C2\C(=O)C(=O)N(c3cccc(Cl)c3C)C2c2ccncc2)cc1C. The molecular formula is C25H21ClN2O4. The molecule has 4 rings (SSSR count). The van der Waals surface area contributed by atoms with Gasteiger partial charge < -0.3 is 9.84 Å². The maximum Gasteiger partial charge on any atom is 0.300 e. The summed E-state index contributed by atoms with van der Waals surface area (Å²) in [7, 11) is 1.56. The third kappa shape index (κ3) is 3.52. The van der Waals surface area contributed by atoms with Crippen LogP contribution in [0.2, 0.25) is 5.02 Å². The molecule has 1 saturated heterocycles. The van der Waals surface area contributed by atoms with Gasteiger partial charge in [-0.25, -0.2) is 0 Å². The fraction of sp³-hybridized carbons (Fsp3) is 0.160. The number of halogens is 1. The topological polar surface area (TPSA) is 79.7 Å². The molecule has 32 heavy (non-hydrogen) atoms. The van der Waals surface area contributed by atoms with Crippen molar-refractivity contribution in [1.29, 1.82) is 0 Å². The summed E-state index contributed by atoms with van der Waals surface area (Å²) < 4.78 is 5.29. The summed E-state index contributed by atoms with van der Waals surface area (Å²) >= 11 is 6.30. The first-order chi connectivity index (χ1) is 15.3. The molecule has 1 atom stereocenters. The van der Waals surface area contributed by atoms with Crippen LogP contribution in [-0.4, -0.2) is 28.9 Å². The maximum atomic E-state index is 13.2. The second kappa shape index (κ2) is 8.48. The molecule has 3 aromatic rings. The highest BCUT2D eigenvalue weighted by molar-refractivity contribution is 6.52. The Kier molecular flexibility index (Phi) is 5.72. The average Bonchev–Trinajstić information content (AvgIpc) is 3.06. The molecule has 2 aromatic carbocycles. The third-order valence-corrected chi connectivity index (χ3v) is 6.04. The Morgan fingerprint density at radius 2 is 1.81 bits per heavy atom. The number of Topliss-reactive ketones (excluding diaryl/α,β-unsaturated/α-hetero) is 1. The van der Waals surface area contributed by atoms with Gasteiger partial charge in [0.2, 0.25) is 0 Å². The van der Waals surface area contributed by atoms with Gasteiger partial charge in [0, 0.05) is 28.7 Å². The number of anilines is 1. The zero-order chi connectivity index (χ0) is 23.0. The number of benzene rings is 2. The Morgan fingerprint density at radius 3 is 2.47 bits per heavy atom. The molecule has 1 amide bonds. The largest absolute Gasteiger partial charge is 0.507 e. The van der Waals surface area contributed by atoms with Crippen LogP contribution in [0.1, 0.15) is 28.3 Å². The van der Waals surface area contributed by atoms with E-state index >= 15 is 0 Å². The zero-order valence-corrected chi connectivity index (χ0v) is 18.6. The minimum absolute atomic E-state index is 0.00476. The highest BCUT2D eigenvalue weighted by Crippen LogP contribution is 2.44. The number of ether oxygens (including phenoxy) is 1. The lowest BCUT2D eigenvalue weighted by Gasteiger charge is -2.27. The molecule has 1 aromatic heterocycles. The number of carbonyl (C=O) groups excluding carboxylic acids is 2. The third-order valence-electron chi connectivity index (χ3n) is 5.63. The standard InChI is InChI=1S/C25H21ClN2O4/c1-14-13-17(7-8-20(14)32-3)23(29)21-22(16-9-11-27-12-10-16)28(25(31)24(21)30)19-6-4-5-18(26)15(19)2/h4-13,22,29H,1-3H3/b23-21+. The van der Waals surface area contributed by atoms with Crippen molar-refractivity contribution in [3.05, 3.63) is 93.8 Å². The van der Waals surface area contributed by atoms with Crippen molar-refractivity contribution >= 4 is 34.7 Å². The van der Waals surface area contributed by atoms with E-state index in [1.165, 1.54) is 4.90 Å². The first-order valence-corrected chi connectivity index (χ1v) is 10.3. The summed E-state index contributed by atoms with van der Waals surface area (Å²) in [6.45, 7) is 3.62. The van der Waals surface area contributed by atoms with Crippen LogP contribution in [0.25, 0.3) is 5.76 Å². The van der Waals surface area contributed by atoms with E-state index in [0.29, 0.717) is 33.1 Å². The smallest absolute Gasteiger partial charge is 0.300 e. The quantitative estimate of drug-likeness (QED) is 0.345. The van der Waals surface area contributed by atoms with Gasteiger partial charge >= 0.3 is 0 Å². The van der Waals surface area contributed by atoms with Crippen molar-refractivity contribution in [2.24, 2.45) is 0 Å². The number of hydrogen-bond donors (Lipinski definition) is 1. The lowest BCUT2D eigenvalue weighted by molar-refractivity contribution is -0.132. The van der Waals surface area contributed by atoms with E-state index in [0.717, 1.165) is 5.56 Å². The Labute approximate surface area is 190 Å². The number of methoxy groups -OCH3 is 1. The van der Waals surface area contributed by atoms with E-state index < -0.39 is 17.7 Å². The molecule has 1 aliphatic rings. The van der Waals surface area contributed by atoms with Crippen molar-refractivity contribution in [2.45, 2.75) is 19.9 Å². The number of aryl methyl sites for hydroxylation is 1. The molecule has 162 valence electrons. The minimum atomic E-state index is -0.836. The number of ketones is 1. The lowest BCUT2D eigenvalue weighted by Crippen LogP contribution is -2.30. The molecular weight excluding hydrogens is 428 g/mol. The van der Waals surface area contributed by atoms with Gasteiger partial charge in [-0.2, -0.15) is 0 Å². The maximum absolute atomic E-state index is 13.2. The van der Waals surface area contributed by atoms with Crippen molar-refractivity contribution in [3.63, 3.8) is 0 Å². The average molecular weight is 449 g/mol. The molecule has 1 aliphatic heterocycles. The second-order valence-corrected chi connectivity index (χ2v) is 7.93. The van der Waals surface area contributed by atoms with Crippen LogP contribution in [-0.2, 0) is 9.59 Å². The van der Waals surface area contributed by atoms with E-state index in [1.54, 1.807) is 75.0 Å². The molecule has 0 spiro atoms. The van der Waals surface area contributed by atoms with Crippen LogP contribution in [0.3, 0.4) is 0 Å². The van der Waals surface area contributed by atoms with Gasteiger partial charge in [-0.05, 0) is 73.0 Å². The van der Waals surface area contributed by atoms with Crippen molar-refractivity contribution in [1.82, 2.24) is 4.98 Å². The van der Waals surface area contributed by atoms with Gasteiger partial charge in [0.1, 0.15) is 11.5 Å². The van der Waals surface area contributed by atoms with Gasteiger partial charge in [-0.3, -0.25) is 19.5 Å². The number of nitrogens with zero attached hydrogens (tertiary/aromatic N) is 2. The Bertz CT molecular complexity index is 1250. The fourth-order valence-corrected chi connectivity index (χ4v) is 4.15. The highest BCUT2D eigenvalue weighted by Gasteiger charge is 2.47. The van der Waals surface area contributed by atoms with E-state index in [9.17, 15) is 14.7 Å². The summed E-state index contributed by atoms with van der Waals surface area (Å²) in [5, 5.41) is 11.7. The van der Waals surface area contributed by atoms with Crippen LogP contribution in [0.4, 0.5) is 5.69 Å². The van der Waals surface area contributed by atoms with Crippen LogP contribution in [0.15, 0.2) is 66.5 Å². The Balaban J connectivity index is 1.96. The van der Waals surface area contributed by atoms with Gasteiger partial charge in [0.25, 0.3) is 11.7 Å². The second-order valence-electron chi connectivity index (χ2n) is 7.52. The van der Waals surface area contributed by atoms with Gasteiger partial charge in [-0.15, -0.1) is 0 Å². The normalized spacial score (nSPS) is 17.6. The molecule has 1 unspecified atom stereocenters. The number of amides is 1. The van der Waals surface area contributed by atoms with E-state index in [2.05, 4.69) is 4.98 Å². The van der Waals surface area contributed by atoms with Crippen LogP contribution < -0.4 is 9.64 Å². The number of pyridine rings is 1. The van der Waals surface area contributed by atoms with E-state index in [4.69, 9.17) is 16.3 Å². The lowest BCUT2D eigenvalue weighted by atomic mass is 9.95. The molecule has 2 heterocycles. The Morgan fingerprint density at radius 1 is 1.09 bits per heavy atom. The number of hydrogen-bond acceptors (Lipinski definition) is 5.